The number of hydrogen-bond acceptors (Lipinski definition) is 10. The molecular formula is C21H19Cl2N2O6S4-. The largest absolute Gasteiger partial charge is 0.748 e. The van der Waals surface area contributed by atoms with E-state index in [1.165, 1.54) is 0 Å². The van der Waals surface area contributed by atoms with E-state index in [1.54, 1.807) is 23.1 Å². The molecule has 4 rings (SSSR count). The van der Waals surface area contributed by atoms with Crippen LogP contribution in [0.4, 0.5) is 5.69 Å². The van der Waals surface area contributed by atoms with Crippen molar-refractivity contribution >= 4 is 90.4 Å². The summed E-state index contributed by atoms with van der Waals surface area (Å²) in [7, 11) is -4.31. The number of anilines is 1. The minimum Gasteiger partial charge on any atom is -0.748 e. The zero-order valence-corrected chi connectivity index (χ0v) is 22.8. The second kappa shape index (κ2) is 12.0. The summed E-state index contributed by atoms with van der Waals surface area (Å²) < 4.78 is 41.0. The van der Waals surface area contributed by atoms with Gasteiger partial charge in [-0.05, 0) is 36.8 Å². The molecule has 0 amide bonds. The van der Waals surface area contributed by atoms with Gasteiger partial charge in [0.05, 0.1) is 26.9 Å². The van der Waals surface area contributed by atoms with Gasteiger partial charge in [0.2, 0.25) is 5.52 Å². The van der Waals surface area contributed by atoms with Crippen LogP contribution in [0.1, 0.15) is 17.8 Å². The Morgan fingerprint density at radius 3 is 2.69 bits per heavy atom. The number of nitrogens with zero attached hydrogens (tertiary/aromatic N) is 2. The molecule has 2 heterocycles. The summed E-state index contributed by atoms with van der Waals surface area (Å²) in [5.74, 6) is 0.114. The van der Waals surface area contributed by atoms with E-state index in [-0.39, 0.29) is 6.42 Å². The van der Waals surface area contributed by atoms with Crippen LogP contribution in [0.15, 0.2) is 46.3 Å². The molecule has 0 atom stereocenters. The quantitative estimate of drug-likeness (QED) is 0.0786. The number of thioether (sulfide) groups is 1. The fourth-order valence-electron chi connectivity index (χ4n) is 3.66. The zero-order valence-electron chi connectivity index (χ0n) is 18.0. The average Bonchev–Trinajstić information content (AvgIpc) is 3.30. The van der Waals surface area contributed by atoms with Crippen molar-refractivity contribution in [3.63, 3.8) is 0 Å². The van der Waals surface area contributed by atoms with Gasteiger partial charge in [-0.2, -0.15) is 8.90 Å². The van der Waals surface area contributed by atoms with Crippen LogP contribution in [0, 0.1) is 0 Å². The molecule has 3 aromatic rings. The predicted molar refractivity (Wildman–Crippen MR) is 138 cm³/mol. The molecule has 0 N–H and O–H groups in total. The highest BCUT2D eigenvalue weighted by Crippen LogP contribution is 2.48. The van der Waals surface area contributed by atoms with Gasteiger partial charge in [0.1, 0.15) is 4.70 Å². The molecule has 14 heteroatoms. The van der Waals surface area contributed by atoms with E-state index in [1.807, 2.05) is 47.4 Å². The molecule has 0 unspecified atom stereocenters. The molecule has 35 heavy (non-hydrogen) atoms. The van der Waals surface area contributed by atoms with Crippen molar-refractivity contribution in [3.05, 3.63) is 56.5 Å². The van der Waals surface area contributed by atoms with Crippen molar-refractivity contribution in [3.8, 4) is 0 Å². The third-order valence-corrected chi connectivity index (χ3v) is 9.18. The van der Waals surface area contributed by atoms with E-state index in [0.29, 0.717) is 35.3 Å². The number of rotatable bonds is 11. The number of benzene rings is 2. The number of aryl methyl sites for hydroxylation is 1. The maximum absolute atomic E-state index is 11.2. The second-order valence-corrected chi connectivity index (χ2v) is 12.8. The van der Waals surface area contributed by atoms with Gasteiger partial charge in [-0.1, -0.05) is 46.3 Å². The highest BCUT2D eigenvalue weighted by atomic mass is 35.5. The minimum absolute atomic E-state index is 0.191. The van der Waals surface area contributed by atoms with Gasteiger partial charge in [0.15, 0.2) is 6.54 Å². The Bertz CT molecular complexity index is 1350. The first-order valence-corrected chi connectivity index (χ1v) is 15.2. The second-order valence-electron chi connectivity index (χ2n) is 7.48. The van der Waals surface area contributed by atoms with E-state index >= 15 is 0 Å². The first-order valence-electron chi connectivity index (χ1n) is 10.4. The first kappa shape index (κ1) is 27.0. The fraction of sp³-hybridized carbons (Fsp3) is 0.286. The summed E-state index contributed by atoms with van der Waals surface area (Å²) in [6.07, 6.45) is 2.95. The molecular weight excluding hydrogens is 575 g/mol. The Morgan fingerprint density at radius 1 is 1.14 bits per heavy atom. The van der Waals surface area contributed by atoms with E-state index in [2.05, 4.69) is 13.9 Å². The van der Waals surface area contributed by atoms with Gasteiger partial charge in [0.25, 0.3) is 5.01 Å². The van der Waals surface area contributed by atoms with Crippen LogP contribution in [0.2, 0.25) is 10.0 Å². The van der Waals surface area contributed by atoms with Gasteiger partial charge in [0, 0.05) is 57.5 Å². The molecule has 1 aliphatic heterocycles. The van der Waals surface area contributed by atoms with Crippen LogP contribution in [0.3, 0.4) is 0 Å². The molecule has 0 spiro atoms. The van der Waals surface area contributed by atoms with Gasteiger partial charge in [-0.15, -0.1) is 0 Å². The molecule has 2 aromatic carbocycles. The molecule has 0 radical (unpaired) electrons. The zero-order chi connectivity index (χ0) is 25.0. The number of fused-ring (bicyclic) bond motifs is 2. The molecule has 1 aromatic heterocycles. The van der Waals surface area contributed by atoms with Crippen molar-refractivity contribution in [2.75, 3.05) is 23.0 Å². The first-order chi connectivity index (χ1) is 16.7. The minimum atomic E-state index is -4.31. The van der Waals surface area contributed by atoms with Crippen molar-refractivity contribution in [1.29, 1.82) is 0 Å². The lowest BCUT2D eigenvalue weighted by Crippen LogP contribution is -2.35. The lowest BCUT2D eigenvalue weighted by Gasteiger charge is -2.20. The highest BCUT2D eigenvalue weighted by Gasteiger charge is 2.28. The summed E-state index contributed by atoms with van der Waals surface area (Å²) in [6.45, 7) is 1.00. The van der Waals surface area contributed by atoms with E-state index < -0.39 is 15.9 Å². The predicted octanol–water partition coefficient (Wildman–Crippen LogP) is 4.60. The Morgan fingerprint density at radius 2 is 1.91 bits per heavy atom. The molecule has 0 bridgehead atoms. The molecule has 0 saturated heterocycles. The van der Waals surface area contributed by atoms with Crippen molar-refractivity contribution < 1.29 is 32.2 Å². The number of hydrogen-bond donors (Lipinski definition) is 0. The average molecular weight is 595 g/mol. The van der Waals surface area contributed by atoms with E-state index in [9.17, 15) is 18.2 Å². The molecule has 0 saturated carbocycles. The van der Waals surface area contributed by atoms with E-state index in [0.717, 1.165) is 42.9 Å². The number of aromatic nitrogens is 1. The van der Waals surface area contributed by atoms with Crippen LogP contribution < -0.4 is 14.7 Å². The van der Waals surface area contributed by atoms with Gasteiger partial charge < -0.3 is 14.7 Å². The van der Waals surface area contributed by atoms with Crippen LogP contribution in [0.25, 0.3) is 16.3 Å². The molecule has 1 aliphatic rings. The summed E-state index contributed by atoms with van der Waals surface area (Å²) in [6, 6.07) is 11.3. The standard InChI is InChI=1S/C21H20Cl2N2O6S4/c22-14-3-5-18-16(11-14)24(7-1-9-32-31-30-26)20(33-18)13-21-25(8-2-10-35(27,28)29)17-12-15(23)4-6-19(17)34-21/h3-6,11-13H,1-2,7-10H2,(H-,26,27,28,29)/p-1. The third-order valence-electron chi connectivity index (χ3n) is 5.09. The Hall–Kier alpha value is -1.06. The normalized spacial score (nSPS) is 14.9. The SMILES string of the molecule is O=S(=O)([O-])CCCN1/C(=C/c2sc3ccc(Cl)cc3[n+]2CCCSOO[O-])Sc2ccc(Cl)cc21. The number of thiazole rings is 1. The van der Waals surface area contributed by atoms with Crippen molar-refractivity contribution in [1.82, 2.24) is 0 Å². The van der Waals surface area contributed by atoms with Crippen LogP contribution >= 0.6 is 58.3 Å². The van der Waals surface area contributed by atoms with Gasteiger partial charge in [-0.25, -0.2) is 8.42 Å². The molecule has 0 fully saturated rings. The van der Waals surface area contributed by atoms with Crippen molar-refractivity contribution in [2.45, 2.75) is 24.3 Å². The molecule has 8 nitrogen and oxygen atoms in total. The lowest BCUT2D eigenvalue weighted by molar-refractivity contribution is -0.777. The van der Waals surface area contributed by atoms with Crippen LogP contribution in [0.5, 0.6) is 0 Å². The van der Waals surface area contributed by atoms with Crippen LogP contribution in [-0.2, 0) is 26.0 Å². The third kappa shape index (κ3) is 7.04. The monoisotopic (exact) mass is 593 g/mol. The number of halogens is 2. The molecule has 188 valence electrons. The summed E-state index contributed by atoms with van der Waals surface area (Å²) in [4.78, 5) is 2.99. The fourth-order valence-corrected chi connectivity index (χ4v) is 7.12. The van der Waals surface area contributed by atoms with Crippen LogP contribution in [-0.4, -0.2) is 31.0 Å². The Balaban J connectivity index is 1.68. The van der Waals surface area contributed by atoms with E-state index in [4.69, 9.17) is 23.2 Å². The van der Waals surface area contributed by atoms with Crippen molar-refractivity contribution in [2.24, 2.45) is 0 Å². The molecule has 0 aliphatic carbocycles. The van der Waals surface area contributed by atoms with Gasteiger partial charge in [-0.3, -0.25) is 5.04 Å². The maximum atomic E-state index is 11.2. The smallest absolute Gasteiger partial charge is 0.265 e. The highest BCUT2D eigenvalue weighted by molar-refractivity contribution is 8.04. The maximum Gasteiger partial charge on any atom is 0.265 e. The topological polar surface area (TPSA) is 106 Å². The lowest BCUT2D eigenvalue weighted by atomic mass is 10.2. The van der Waals surface area contributed by atoms with Gasteiger partial charge >= 0.3 is 0 Å². The Labute approximate surface area is 225 Å². The Kier molecular flexibility index (Phi) is 9.25. The summed E-state index contributed by atoms with van der Waals surface area (Å²) in [5, 5.41) is 16.5. The summed E-state index contributed by atoms with van der Waals surface area (Å²) in [5.41, 5.74) is 1.85. The summed E-state index contributed by atoms with van der Waals surface area (Å²) >= 11 is 16.6.